The highest BCUT2D eigenvalue weighted by atomic mass is 35.5. The van der Waals surface area contributed by atoms with Gasteiger partial charge in [0.15, 0.2) is 0 Å². The van der Waals surface area contributed by atoms with Gasteiger partial charge in [-0.05, 0) is 6.92 Å². The molecule has 0 heterocycles. The molecule has 0 aliphatic heterocycles. The lowest BCUT2D eigenvalue weighted by atomic mass is 10.5. The summed E-state index contributed by atoms with van der Waals surface area (Å²) in [6.07, 6.45) is 0. The second-order valence-corrected chi connectivity index (χ2v) is 1.85. The molecule has 9 heavy (non-hydrogen) atoms. The summed E-state index contributed by atoms with van der Waals surface area (Å²) in [7, 11) is 0. The van der Waals surface area contributed by atoms with E-state index < -0.39 is 18.0 Å². The molecule has 0 saturated carbocycles. The normalized spacial score (nSPS) is 12.8. The highest BCUT2D eigenvalue weighted by molar-refractivity contribution is 6.30. The fourth-order valence-electron chi connectivity index (χ4n) is 0.230. The van der Waals surface area contributed by atoms with Crippen LogP contribution in [0.3, 0.4) is 0 Å². The molecule has 4 heteroatoms. The molecule has 0 aliphatic rings. The Morgan fingerprint density at radius 3 is 2.78 bits per heavy atom. The minimum absolute atomic E-state index is 0.239. The van der Waals surface area contributed by atoms with Crippen LogP contribution in [0.2, 0.25) is 0 Å². The van der Waals surface area contributed by atoms with Crippen LogP contribution in [0.5, 0.6) is 0 Å². The van der Waals surface area contributed by atoms with Gasteiger partial charge in [-0.3, -0.25) is 4.79 Å². The number of alkyl halides is 2. The van der Waals surface area contributed by atoms with E-state index >= 15 is 0 Å². The smallest absolute Gasteiger partial charge is 0.324 e. The Balaban J connectivity index is 3.28. The summed E-state index contributed by atoms with van der Waals surface area (Å²) in [6.45, 7) is 2.24. The lowest BCUT2D eigenvalue weighted by Gasteiger charge is -2.01. The van der Waals surface area contributed by atoms with Crippen molar-refractivity contribution in [1.82, 2.24) is 0 Å². The Bertz CT molecular complexity index is 95.0. The Morgan fingerprint density at radius 1 is 1.89 bits per heavy atom. The van der Waals surface area contributed by atoms with Crippen molar-refractivity contribution in [3.63, 3.8) is 0 Å². The lowest BCUT2D eigenvalue weighted by molar-refractivity contribution is -0.142. The summed E-state index contributed by atoms with van der Waals surface area (Å²) >= 11 is 5.16. The molecule has 0 aliphatic carbocycles. The first kappa shape index (κ1) is 8.69. The third kappa shape index (κ3) is 4.21. The van der Waals surface area contributed by atoms with E-state index in [1.165, 1.54) is 0 Å². The van der Waals surface area contributed by atoms with Crippen LogP contribution in [0, 0.1) is 6.92 Å². The number of carbonyl (C=O) groups is 1. The Labute approximate surface area is 57.9 Å². The van der Waals surface area contributed by atoms with Crippen molar-refractivity contribution in [2.75, 3.05) is 13.3 Å². The molecule has 1 radical (unpaired) electrons. The van der Waals surface area contributed by atoms with Gasteiger partial charge in [-0.25, -0.2) is 4.39 Å². The fraction of sp³-hybridized carbons (Fsp3) is 0.600. The number of esters is 1. The molecule has 0 rings (SSSR count). The van der Waals surface area contributed by atoms with Crippen molar-refractivity contribution in [2.45, 2.75) is 5.38 Å². The maximum atomic E-state index is 11.3. The van der Waals surface area contributed by atoms with Crippen LogP contribution in [0.15, 0.2) is 0 Å². The summed E-state index contributed by atoms with van der Waals surface area (Å²) < 4.78 is 15.5. The average molecular weight is 154 g/mol. The minimum atomic E-state index is -0.934. The minimum Gasteiger partial charge on any atom is -0.462 e. The highest BCUT2D eigenvalue weighted by Gasteiger charge is 2.09. The summed E-state index contributed by atoms with van der Waals surface area (Å²) in [5.41, 5.74) is 0. The van der Waals surface area contributed by atoms with E-state index in [4.69, 9.17) is 11.6 Å². The Morgan fingerprint density at radius 2 is 2.44 bits per heavy atom. The molecule has 0 spiro atoms. The molecule has 0 aromatic rings. The van der Waals surface area contributed by atoms with Crippen molar-refractivity contribution in [2.24, 2.45) is 0 Å². The lowest BCUT2D eigenvalue weighted by Crippen LogP contribution is -2.15. The molecule has 0 aromatic heterocycles. The van der Waals surface area contributed by atoms with E-state index in [1.807, 2.05) is 0 Å². The van der Waals surface area contributed by atoms with Gasteiger partial charge in [0.2, 0.25) is 0 Å². The topological polar surface area (TPSA) is 26.3 Å². The van der Waals surface area contributed by atoms with Gasteiger partial charge in [0.05, 0.1) is 0 Å². The van der Waals surface area contributed by atoms with Gasteiger partial charge >= 0.3 is 5.97 Å². The maximum Gasteiger partial charge on any atom is 0.324 e. The zero-order valence-corrected chi connectivity index (χ0v) is 5.53. The number of hydrogen-bond donors (Lipinski definition) is 0. The standard InChI is InChI=1S/C5H7ClFO2/c1-4(6)5(8)9-3-2-7/h4H,1-3H2. The first-order valence-corrected chi connectivity index (χ1v) is 2.82. The molecule has 0 fully saturated rings. The number of ether oxygens (including phenoxy) is 1. The molecular weight excluding hydrogens is 147 g/mol. The Kier molecular flexibility index (Phi) is 4.40. The number of hydrogen-bond acceptors (Lipinski definition) is 2. The average Bonchev–Trinajstić information content (AvgIpc) is 1.82. The highest BCUT2D eigenvalue weighted by Crippen LogP contribution is 1.95. The molecule has 53 valence electrons. The van der Waals surface area contributed by atoms with Crippen LogP contribution in [-0.4, -0.2) is 24.6 Å². The predicted octanol–water partition coefficient (Wildman–Crippen LogP) is 0.941. The van der Waals surface area contributed by atoms with Gasteiger partial charge in [0.25, 0.3) is 0 Å². The van der Waals surface area contributed by atoms with Gasteiger partial charge in [-0.15, -0.1) is 11.6 Å². The monoisotopic (exact) mass is 153 g/mol. The molecule has 2 nitrogen and oxygen atoms in total. The van der Waals surface area contributed by atoms with E-state index in [0.29, 0.717) is 0 Å². The molecular formula is C5H7ClFO2. The molecule has 1 atom stereocenters. The van der Waals surface area contributed by atoms with Gasteiger partial charge in [-0.1, -0.05) is 0 Å². The van der Waals surface area contributed by atoms with E-state index in [-0.39, 0.29) is 6.61 Å². The predicted molar refractivity (Wildman–Crippen MR) is 31.9 cm³/mol. The van der Waals surface area contributed by atoms with Crippen molar-refractivity contribution < 1.29 is 13.9 Å². The quantitative estimate of drug-likeness (QED) is 0.446. The Hall–Kier alpha value is -0.310. The van der Waals surface area contributed by atoms with Crippen LogP contribution in [0.25, 0.3) is 0 Å². The van der Waals surface area contributed by atoms with Gasteiger partial charge in [0, 0.05) is 0 Å². The first-order valence-electron chi connectivity index (χ1n) is 2.38. The van der Waals surface area contributed by atoms with E-state index in [9.17, 15) is 9.18 Å². The van der Waals surface area contributed by atoms with Crippen molar-refractivity contribution in [1.29, 1.82) is 0 Å². The molecule has 0 aromatic carbocycles. The van der Waals surface area contributed by atoms with Gasteiger partial charge in [0.1, 0.15) is 18.7 Å². The zero-order chi connectivity index (χ0) is 7.28. The van der Waals surface area contributed by atoms with Crippen molar-refractivity contribution in [3.8, 4) is 0 Å². The van der Waals surface area contributed by atoms with Crippen molar-refractivity contribution >= 4 is 17.6 Å². The molecule has 0 saturated heterocycles. The summed E-state index contributed by atoms with van der Waals surface area (Å²) in [5.74, 6) is -0.686. The molecule has 0 amide bonds. The summed E-state index contributed by atoms with van der Waals surface area (Å²) in [4.78, 5) is 10.3. The van der Waals surface area contributed by atoms with Crippen LogP contribution in [0.1, 0.15) is 0 Å². The SMILES string of the molecule is [CH2]C(Cl)C(=O)OCCF. The maximum absolute atomic E-state index is 11.3. The van der Waals surface area contributed by atoms with Crippen LogP contribution in [-0.2, 0) is 9.53 Å². The summed E-state index contributed by atoms with van der Waals surface area (Å²) in [6, 6.07) is 0. The van der Waals surface area contributed by atoms with Gasteiger partial charge in [-0.2, -0.15) is 0 Å². The molecule has 1 unspecified atom stereocenters. The number of carbonyl (C=O) groups excluding carboxylic acids is 1. The fourth-order valence-corrected chi connectivity index (χ4v) is 0.293. The van der Waals surface area contributed by atoms with Crippen LogP contribution >= 0.6 is 11.6 Å². The van der Waals surface area contributed by atoms with Crippen LogP contribution in [0.4, 0.5) is 4.39 Å². The molecule has 0 N–H and O–H groups in total. The van der Waals surface area contributed by atoms with E-state index in [0.717, 1.165) is 0 Å². The van der Waals surface area contributed by atoms with Crippen molar-refractivity contribution in [3.05, 3.63) is 6.92 Å². The molecule has 0 bridgehead atoms. The summed E-state index contributed by atoms with van der Waals surface area (Å²) in [5, 5.41) is -0.934. The third-order valence-electron chi connectivity index (χ3n) is 0.577. The van der Waals surface area contributed by atoms with Gasteiger partial charge < -0.3 is 4.74 Å². The number of halogens is 2. The third-order valence-corrected chi connectivity index (χ3v) is 0.755. The second kappa shape index (κ2) is 4.56. The number of rotatable bonds is 3. The second-order valence-electron chi connectivity index (χ2n) is 1.32. The first-order chi connectivity index (χ1) is 4.18. The van der Waals surface area contributed by atoms with E-state index in [1.54, 1.807) is 0 Å². The zero-order valence-electron chi connectivity index (χ0n) is 4.77. The van der Waals surface area contributed by atoms with E-state index in [2.05, 4.69) is 11.7 Å². The van der Waals surface area contributed by atoms with Crippen LogP contribution < -0.4 is 0 Å². The largest absolute Gasteiger partial charge is 0.462 e.